The van der Waals surface area contributed by atoms with Gasteiger partial charge < -0.3 is 5.73 Å². The normalized spacial score (nSPS) is 13.4. The third kappa shape index (κ3) is 3.58. The van der Waals surface area contributed by atoms with Crippen LogP contribution in [0.3, 0.4) is 0 Å². The van der Waals surface area contributed by atoms with Crippen LogP contribution in [0.1, 0.15) is 44.1 Å². The van der Waals surface area contributed by atoms with E-state index in [1.54, 1.807) is 0 Å². The van der Waals surface area contributed by atoms with Crippen LogP contribution >= 0.6 is 0 Å². The van der Waals surface area contributed by atoms with Gasteiger partial charge in [-0.1, -0.05) is 0 Å². The number of hydrogen-bond acceptors (Lipinski definition) is 3. The van der Waals surface area contributed by atoms with Gasteiger partial charge in [-0.25, -0.2) is 0 Å². The summed E-state index contributed by atoms with van der Waals surface area (Å²) in [5.74, 6) is 0. The Kier molecular flexibility index (Phi) is 4.53. The van der Waals surface area contributed by atoms with Gasteiger partial charge in [0.05, 0.1) is 17.2 Å². The molecule has 4 heteroatoms. The highest BCUT2D eigenvalue weighted by molar-refractivity contribution is 5.25. The van der Waals surface area contributed by atoms with Crippen molar-refractivity contribution < 1.29 is 0 Å². The molecule has 1 aromatic rings. The zero-order chi connectivity index (χ0) is 13.9. The third-order valence-electron chi connectivity index (χ3n) is 3.31. The Hall–Kier alpha value is -1.34. The Morgan fingerprint density at radius 2 is 2.06 bits per heavy atom. The molecule has 0 aliphatic carbocycles. The molecule has 18 heavy (non-hydrogen) atoms. The summed E-state index contributed by atoms with van der Waals surface area (Å²) >= 11 is 0. The second kappa shape index (κ2) is 5.53. The standard InChI is InChI=1S/C14H24N4/c1-10(16)8-13-11(2)17-18(12(13)3)7-6-14(4,5)9-15/h10H,6-8,16H2,1-5H3. The lowest BCUT2D eigenvalue weighted by atomic mass is 9.91. The number of hydrogen-bond donors (Lipinski definition) is 1. The quantitative estimate of drug-likeness (QED) is 0.869. The Morgan fingerprint density at radius 3 is 2.56 bits per heavy atom. The number of nitriles is 1. The predicted molar refractivity (Wildman–Crippen MR) is 73.1 cm³/mol. The molecule has 100 valence electrons. The van der Waals surface area contributed by atoms with Crippen molar-refractivity contribution in [3.05, 3.63) is 17.0 Å². The minimum Gasteiger partial charge on any atom is -0.328 e. The van der Waals surface area contributed by atoms with Gasteiger partial charge in [0.25, 0.3) is 0 Å². The van der Waals surface area contributed by atoms with Gasteiger partial charge in [-0.05, 0) is 53.0 Å². The Morgan fingerprint density at radius 1 is 1.44 bits per heavy atom. The lowest BCUT2D eigenvalue weighted by Crippen LogP contribution is -2.19. The lowest BCUT2D eigenvalue weighted by Gasteiger charge is -2.15. The maximum absolute atomic E-state index is 9.02. The van der Waals surface area contributed by atoms with E-state index in [9.17, 15) is 0 Å². The molecule has 4 nitrogen and oxygen atoms in total. The molecule has 1 atom stereocenters. The number of nitrogens with two attached hydrogens (primary N) is 1. The summed E-state index contributed by atoms with van der Waals surface area (Å²) in [5, 5.41) is 13.6. The van der Waals surface area contributed by atoms with E-state index in [1.165, 1.54) is 11.3 Å². The van der Waals surface area contributed by atoms with Crippen LogP contribution in [0.2, 0.25) is 0 Å². The smallest absolute Gasteiger partial charge is 0.0684 e. The van der Waals surface area contributed by atoms with Gasteiger partial charge in [0.2, 0.25) is 0 Å². The summed E-state index contributed by atoms with van der Waals surface area (Å²) in [5.41, 5.74) is 9.04. The molecule has 0 amide bonds. The van der Waals surface area contributed by atoms with E-state index in [2.05, 4.69) is 18.1 Å². The van der Waals surface area contributed by atoms with E-state index in [1.807, 2.05) is 32.4 Å². The van der Waals surface area contributed by atoms with E-state index in [0.29, 0.717) is 0 Å². The molecule has 0 aliphatic heterocycles. The van der Waals surface area contributed by atoms with Crippen molar-refractivity contribution in [2.75, 3.05) is 0 Å². The lowest BCUT2D eigenvalue weighted by molar-refractivity contribution is 0.395. The van der Waals surface area contributed by atoms with Crippen LogP contribution in [-0.4, -0.2) is 15.8 Å². The minimum atomic E-state index is -0.298. The van der Waals surface area contributed by atoms with Gasteiger partial charge in [-0.3, -0.25) is 4.68 Å². The van der Waals surface area contributed by atoms with Crippen LogP contribution in [0.15, 0.2) is 0 Å². The summed E-state index contributed by atoms with van der Waals surface area (Å²) in [6, 6.07) is 2.47. The van der Waals surface area contributed by atoms with E-state index in [0.717, 1.165) is 25.1 Å². The molecular formula is C14H24N4. The molecule has 1 heterocycles. The zero-order valence-electron chi connectivity index (χ0n) is 12.1. The van der Waals surface area contributed by atoms with Crippen LogP contribution in [-0.2, 0) is 13.0 Å². The molecule has 0 radical (unpaired) electrons. The zero-order valence-corrected chi connectivity index (χ0v) is 12.1. The van der Waals surface area contributed by atoms with Crippen LogP contribution in [0.25, 0.3) is 0 Å². The molecule has 1 aromatic heterocycles. The van der Waals surface area contributed by atoms with Crippen molar-refractivity contribution in [3.8, 4) is 6.07 Å². The highest BCUT2D eigenvalue weighted by atomic mass is 15.3. The van der Waals surface area contributed by atoms with Gasteiger partial charge in [0.1, 0.15) is 0 Å². The average molecular weight is 248 g/mol. The van der Waals surface area contributed by atoms with E-state index < -0.39 is 0 Å². The molecule has 0 bridgehead atoms. The van der Waals surface area contributed by atoms with Crippen molar-refractivity contribution in [2.45, 2.75) is 60.0 Å². The minimum absolute atomic E-state index is 0.149. The topological polar surface area (TPSA) is 67.6 Å². The van der Waals surface area contributed by atoms with Gasteiger partial charge in [0.15, 0.2) is 0 Å². The number of aromatic nitrogens is 2. The first-order valence-corrected chi connectivity index (χ1v) is 6.46. The highest BCUT2D eigenvalue weighted by Gasteiger charge is 2.18. The first kappa shape index (κ1) is 14.7. The highest BCUT2D eigenvalue weighted by Crippen LogP contribution is 2.21. The number of aryl methyl sites for hydroxylation is 2. The molecule has 0 spiro atoms. The second-order valence-corrected chi connectivity index (χ2v) is 5.80. The molecule has 0 aliphatic rings. The van der Waals surface area contributed by atoms with Crippen molar-refractivity contribution in [3.63, 3.8) is 0 Å². The first-order chi connectivity index (χ1) is 8.26. The van der Waals surface area contributed by atoms with E-state index in [4.69, 9.17) is 11.0 Å². The molecule has 0 fully saturated rings. The fourth-order valence-corrected chi connectivity index (χ4v) is 2.01. The first-order valence-electron chi connectivity index (χ1n) is 6.46. The van der Waals surface area contributed by atoms with Crippen LogP contribution in [0, 0.1) is 30.6 Å². The van der Waals surface area contributed by atoms with Crippen molar-refractivity contribution in [1.29, 1.82) is 5.26 Å². The average Bonchev–Trinajstić information content (AvgIpc) is 2.54. The van der Waals surface area contributed by atoms with Gasteiger partial charge in [-0.2, -0.15) is 10.4 Å². The molecule has 0 saturated carbocycles. The summed E-state index contributed by atoms with van der Waals surface area (Å²) in [7, 11) is 0. The molecule has 2 N–H and O–H groups in total. The molecule has 0 aromatic carbocycles. The Labute approximate surface area is 110 Å². The van der Waals surface area contributed by atoms with Crippen LogP contribution < -0.4 is 5.73 Å². The maximum atomic E-state index is 9.02. The van der Waals surface area contributed by atoms with Crippen molar-refractivity contribution >= 4 is 0 Å². The summed E-state index contributed by atoms with van der Waals surface area (Å²) in [6.45, 7) is 10.8. The maximum Gasteiger partial charge on any atom is 0.0684 e. The number of nitrogens with zero attached hydrogens (tertiary/aromatic N) is 3. The molecule has 0 saturated heterocycles. The summed E-state index contributed by atoms with van der Waals surface area (Å²) in [4.78, 5) is 0. The summed E-state index contributed by atoms with van der Waals surface area (Å²) in [6.07, 6.45) is 1.67. The second-order valence-electron chi connectivity index (χ2n) is 5.80. The fourth-order valence-electron chi connectivity index (χ4n) is 2.01. The fraction of sp³-hybridized carbons (Fsp3) is 0.714. The molecular weight excluding hydrogens is 224 g/mol. The SMILES string of the molecule is Cc1nn(CCC(C)(C)C#N)c(C)c1CC(C)N. The van der Waals surface area contributed by atoms with Crippen molar-refractivity contribution in [2.24, 2.45) is 11.1 Å². The van der Waals surface area contributed by atoms with E-state index in [-0.39, 0.29) is 11.5 Å². The Balaban J connectivity index is 2.83. The predicted octanol–water partition coefficient (Wildman–Crippen LogP) is 2.33. The Bertz CT molecular complexity index is 449. The van der Waals surface area contributed by atoms with Gasteiger partial charge in [-0.15, -0.1) is 0 Å². The monoisotopic (exact) mass is 248 g/mol. The van der Waals surface area contributed by atoms with Crippen LogP contribution in [0.4, 0.5) is 0 Å². The van der Waals surface area contributed by atoms with E-state index >= 15 is 0 Å². The van der Waals surface area contributed by atoms with Crippen molar-refractivity contribution in [1.82, 2.24) is 9.78 Å². The molecule has 1 unspecified atom stereocenters. The van der Waals surface area contributed by atoms with Gasteiger partial charge in [0, 0.05) is 18.3 Å². The molecule has 1 rings (SSSR count). The number of rotatable bonds is 5. The summed E-state index contributed by atoms with van der Waals surface area (Å²) < 4.78 is 2.01. The van der Waals surface area contributed by atoms with Gasteiger partial charge >= 0.3 is 0 Å². The third-order valence-corrected chi connectivity index (χ3v) is 3.31. The largest absolute Gasteiger partial charge is 0.328 e. The van der Waals surface area contributed by atoms with Crippen LogP contribution in [0.5, 0.6) is 0 Å².